The van der Waals surface area contributed by atoms with Gasteiger partial charge >= 0.3 is 0 Å². The Balaban J connectivity index is 2.31. The fourth-order valence-corrected chi connectivity index (χ4v) is 1.92. The van der Waals surface area contributed by atoms with Crippen LogP contribution in [0.2, 0.25) is 0 Å². The Morgan fingerprint density at radius 1 is 1.38 bits per heavy atom. The first-order chi connectivity index (χ1) is 7.68. The van der Waals surface area contributed by atoms with Crippen molar-refractivity contribution >= 4 is 11.4 Å². The second kappa shape index (κ2) is 4.53. The Morgan fingerprint density at radius 2 is 2.06 bits per heavy atom. The minimum Gasteiger partial charge on any atom is -0.368 e. The van der Waals surface area contributed by atoms with E-state index in [1.165, 1.54) is 5.69 Å². The molecule has 16 heavy (non-hydrogen) atoms. The van der Waals surface area contributed by atoms with Crippen LogP contribution in [0, 0.1) is 5.41 Å². The highest BCUT2D eigenvalue weighted by Crippen LogP contribution is 2.13. The molecule has 1 fully saturated rings. The van der Waals surface area contributed by atoms with Crippen LogP contribution in [0.1, 0.15) is 6.92 Å². The number of piperazine rings is 1. The molecule has 1 aliphatic heterocycles. The third-order valence-electron chi connectivity index (χ3n) is 2.83. The fourth-order valence-electron chi connectivity index (χ4n) is 1.92. The molecule has 2 heterocycles. The first-order valence-corrected chi connectivity index (χ1v) is 5.57. The van der Waals surface area contributed by atoms with Crippen LogP contribution in [0.4, 0.5) is 5.69 Å². The molecule has 4 nitrogen and oxygen atoms in total. The largest absolute Gasteiger partial charge is 0.368 e. The Morgan fingerprint density at radius 3 is 2.69 bits per heavy atom. The molecule has 1 aromatic rings. The summed E-state index contributed by atoms with van der Waals surface area (Å²) in [5.74, 6) is 0. The minimum absolute atomic E-state index is 0.478. The molecule has 0 unspecified atom stereocenters. The summed E-state index contributed by atoms with van der Waals surface area (Å²) in [5.41, 5.74) is 2.52. The fraction of sp³-hybridized carbons (Fsp3) is 0.417. The quantitative estimate of drug-likeness (QED) is 0.773. The molecular formula is C12H18N4. The topological polar surface area (TPSA) is 44.0 Å². The Hall–Kier alpha value is -1.55. The first-order valence-electron chi connectivity index (χ1n) is 5.57. The van der Waals surface area contributed by atoms with Crippen molar-refractivity contribution in [3.8, 4) is 0 Å². The van der Waals surface area contributed by atoms with Gasteiger partial charge in [0.05, 0.1) is 5.69 Å². The lowest BCUT2D eigenvalue weighted by molar-refractivity contribution is 0.588. The summed E-state index contributed by atoms with van der Waals surface area (Å²) in [6, 6.07) is 3.83. The molecule has 0 radical (unpaired) electrons. The van der Waals surface area contributed by atoms with Gasteiger partial charge < -0.3 is 14.8 Å². The SMILES string of the molecule is C=C(C)n1cc(N2CCNCC2)ccc1=N. The molecular weight excluding hydrogens is 200 g/mol. The molecule has 0 aromatic carbocycles. The third kappa shape index (κ3) is 2.17. The molecule has 2 rings (SSSR count). The van der Waals surface area contributed by atoms with Crippen molar-refractivity contribution in [1.29, 1.82) is 5.41 Å². The minimum atomic E-state index is 0.478. The lowest BCUT2D eigenvalue weighted by Crippen LogP contribution is -2.43. The Bertz CT molecular complexity index is 441. The van der Waals surface area contributed by atoms with E-state index in [1.54, 1.807) is 0 Å². The van der Waals surface area contributed by atoms with E-state index in [2.05, 4.69) is 16.8 Å². The van der Waals surface area contributed by atoms with E-state index in [9.17, 15) is 0 Å². The van der Waals surface area contributed by atoms with Gasteiger partial charge in [0.1, 0.15) is 5.49 Å². The molecule has 0 amide bonds. The van der Waals surface area contributed by atoms with E-state index in [0.29, 0.717) is 5.49 Å². The molecule has 1 saturated heterocycles. The van der Waals surface area contributed by atoms with E-state index in [0.717, 1.165) is 31.9 Å². The van der Waals surface area contributed by atoms with Crippen molar-refractivity contribution in [3.05, 3.63) is 30.4 Å². The number of hydrogen-bond donors (Lipinski definition) is 2. The number of hydrogen-bond acceptors (Lipinski definition) is 3. The molecule has 1 aliphatic rings. The first kappa shape index (κ1) is 11.0. The summed E-state index contributed by atoms with van der Waals surface area (Å²) < 4.78 is 1.82. The molecule has 0 saturated carbocycles. The molecule has 2 N–H and O–H groups in total. The van der Waals surface area contributed by atoms with Gasteiger partial charge in [0.25, 0.3) is 0 Å². The summed E-state index contributed by atoms with van der Waals surface area (Å²) in [5, 5.41) is 11.1. The number of allylic oxidation sites excluding steroid dienone is 1. The van der Waals surface area contributed by atoms with E-state index in [1.807, 2.05) is 29.8 Å². The number of pyridine rings is 1. The molecule has 86 valence electrons. The maximum atomic E-state index is 7.78. The van der Waals surface area contributed by atoms with Crippen molar-refractivity contribution in [3.63, 3.8) is 0 Å². The van der Waals surface area contributed by atoms with Crippen LogP contribution < -0.4 is 15.7 Å². The van der Waals surface area contributed by atoms with Crippen LogP contribution in [0.3, 0.4) is 0 Å². The van der Waals surface area contributed by atoms with Crippen LogP contribution in [0.25, 0.3) is 5.70 Å². The van der Waals surface area contributed by atoms with Crippen molar-refractivity contribution in [2.24, 2.45) is 0 Å². The van der Waals surface area contributed by atoms with Crippen LogP contribution in [-0.4, -0.2) is 30.7 Å². The average Bonchev–Trinajstić information content (AvgIpc) is 2.30. The molecule has 0 aliphatic carbocycles. The molecule has 4 heteroatoms. The van der Waals surface area contributed by atoms with E-state index in [-0.39, 0.29) is 0 Å². The van der Waals surface area contributed by atoms with Crippen LogP contribution in [0.5, 0.6) is 0 Å². The van der Waals surface area contributed by atoms with Gasteiger partial charge in [-0.1, -0.05) is 6.58 Å². The molecule has 0 spiro atoms. The maximum absolute atomic E-state index is 7.78. The van der Waals surface area contributed by atoms with Gasteiger partial charge in [0.2, 0.25) is 0 Å². The smallest absolute Gasteiger partial charge is 0.129 e. The van der Waals surface area contributed by atoms with Crippen LogP contribution in [0.15, 0.2) is 24.9 Å². The second-order valence-corrected chi connectivity index (χ2v) is 4.11. The average molecular weight is 218 g/mol. The van der Waals surface area contributed by atoms with E-state index >= 15 is 0 Å². The standard InChI is InChI=1S/C12H18N4/c1-10(2)16-9-11(3-4-12(16)13)15-7-5-14-6-8-15/h3-4,9,13-14H,1,5-8H2,2H3. The number of rotatable bonds is 2. The predicted octanol–water partition coefficient (Wildman–Crippen LogP) is 0.868. The summed E-state index contributed by atoms with van der Waals surface area (Å²) in [7, 11) is 0. The van der Waals surface area contributed by atoms with Gasteiger partial charge in [0, 0.05) is 38.1 Å². The van der Waals surface area contributed by atoms with E-state index in [4.69, 9.17) is 5.41 Å². The highest BCUT2D eigenvalue weighted by Gasteiger charge is 2.10. The summed E-state index contributed by atoms with van der Waals surface area (Å²) >= 11 is 0. The summed E-state index contributed by atoms with van der Waals surface area (Å²) in [6.07, 6.45) is 2.00. The van der Waals surface area contributed by atoms with Crippen LogP contribution >= 0.6 is 0 Å². The zero-order valence-corrected chi connectivity index (χ0v) is 9.66. The van der Waals surface area contributed by atoms with Crippen molar-refractivity contribution in [1.82, 2.24) is 9.88 Å². The number of anilines is 1. The van der Waals surface area contributed by atoms with Crippen molar-refractivity contribution in [2.45, 2.75) is 6.92 Å². The zero-order valence-electron chi connectivity index (χ0n) is 9.66. The third-order valence-corrected chi connectivity index (χ3v) is 2.83. The normalized spacial score (nSPS) is 16.2. The second-order valence-electron chi connectivity index (χ2n) is 4.11. The maximum Gasteiger partial charge on any atom is 0.129 e. The van der Waals surface area contributed by atoms with Crippen LogP contribution in [-0.2, 0) is 0 Å². The van der Waals surface area contributed by atoms with Gasteiger partial charge in [-0.05, 0) is 19.1 Å². The Labute approximate surface area is 95.7 Å². The lowest BCUT2D eigenvalue weighted by Gasteiger charge is -2.29. The van der Waals surface area contributed by atoms with Gasteiger partial charge in [-0.15, -0.1) is 0 Å². The molecule has 0 bridgehead atoms. The molecule has 1 aromatic heterocycles. The van der Waals surface area contributed by atoms with Crippen molar-refractivity contribution < 1.29 is 0 Å². The number of aromatic nitrogens is 1. The Kier molecular flexibility index (Phi) is 3.10. The molecule has 0 atom stereocenters. The zero-order chi connectivity index (χ0) is 11.5. The van der Waals surface area contributed by atoms with Gasteiger partial charge in [-0.3, -0.25) is 5.41 Å². The van der Waals surface area contributed by atoms with E-state index < -0.39 is 0 Å². The van der Waals surface area contributed by atoms with Crippen molar-refractivity contribution in [2.75, 3.05) is 31.1 Å². The van der Waals surface area contributed by atoms with Gasteiger partial charge in [0.15, 0.2) is 0 Å². The number of nitrogens with one attached hydrogen (secondary N) is 2. The highest BCUT2D eigenvalue weighted by molar-refractivity contribution is 5.49. The lowest BCUT2D eigenvalue weighted by atomic mass is 10.3. The predicted molar refractivity (Wildman–Crippen MR) is 66.4 cm³/mol. The highest BCUT2D eigenvalue weighted by atomic mass is 15.2. The summed E-state index contributed by atoms with van der Waals surface area (Å²) in [4.78, 5) is 2.33. The number of nitrogens with zero attached hydrogens (tertiary/aromatic N) is 2. The van der Waals surface area contributed by atoms with Gasteiger partial charge in [-0.2, -0.15) is 0 Å². The summed E-state index contributed by atoms with van der Waals surface area (Å²) in [6.45, 7) is 9.89. The monoisotopic (exact) mass is 218 g/mol. The van der Waals surface area contributed by atoms with Gasteiger partial charge in [-0.25, -0.2) is 0 Å².